The third kappa shape index (κ3) is 5.00. The van der Waals surface area contributed by atoms with Crippen molar-refractivity contribution < 1.29 is 23.9 Å². The molecule has 3 amide bonds. The zero-order chi connectivity index (χ0) is 23.7. The monoisotopic (exact) mass is 508 g/mol. The van der Waals surface area contributed by atoms with E-state index in [0.29, 0.717) is 29.2 Å². The summed E-state index contributed by atoms with van der Waals surface area (Å²) in [5, 5.41) is 2.31. The molecule has 1 saturated carbocycles. The normalized spacial score (nSPS) is 24.4. The molecule has 0 aromatic heterocycles. The van der Waals surface area contributed by atoms with E-state index in [2.05, 4.69) is 5.32 Å². The number of halogens is 3. The summed E-state index contributed by atoms with van der Waals surface area (Å²) >= 11 is 18.3. The highest BCUT2D eigenvalue weighted by molar-refractivity contribution is 6.31. The van der Waals surface area contributed by atoms with Crippen LogP contribution in [0.5, 0.6) is 0 Å². The first kappa shape index (κ1) is 23.5. The van der Waals surface area contributed by atoms with E-state index in [4.69, 9.17) is 39.5 Å². The van der Waals surface area contributed by atoms with E-state index in [1.807, 2.05) is 0 Å². The number of amides is 3. The molecule has 2 aliphatic rings. The predicted octanol–water partition coefficient (Wildman–Crippen LogP) is 4.25. The van der Waals surface area contributed by atoms with Gasteiger partial charge in [-0.1, -0.05) is 17.7 Å². The number of hydrogen-bond acceptors (Lipinski definition) is 5. The van der Waals surface area contributed by atoms with Crippen LogP contribution in [0.1, 0.15) is 23.2 Å². The van der Waals surface area contributed by atoms with Gasteiger partial charge in [-0.25, -0.2) is 4.79 Å². The van der Waals surface area contributed by atoms with Gasteiger partial charge in [-0.3, -0.25) is 19.3 Å². The van der Waals surface area contributed by atoms with Crippen LogP contribution in [0.3, 0.4) is 0 Å². The van der Waals surface area contributed by atoms with Crippen LogP contribution in [0.15, 0.2) is 48.5 Å². The molecule has 2 aromatic carbocycles. The molecule has 33 heavy (non-hydrogen) atoms. The van der Waals surface area contributed by atoms with E-state index in [-0.39, 0.29) is 28.1 Å². The van der Waals surface area contributed by atoms with Gasteiger partial charge in [-0.15, -0.1) is 23.2 Å². The maximum absolute atomic E-state index is 12.8. The molecule has 1 aliphatic heterocycles. The summed E-state index contributed by atoms with van der Waals surface area (Å²) in [4.78, 5) is 51.1. The molecule has 172 valence electrons. The fourth-order valence-corrected chi connectivity index (χ4v) is 4.85. The minimum absolute atomic E-state index is 0.174. The zero-order valence-electron chi connectivity index (χ0n) is 17.2. The zero-order valence-corrected chi connectivity index (χ0v) is 19.4. The number of anilines is 2. The molecule has 1 saturated heterocycles. The summed E-state index contributed by atoms with van der Waals surface area (Å²) in [5.41, 5.74) is 1.01. The van der Waals surface area contributed by atoms with Gasteiger partial charge < -0.3 is 10.1 Å². The Hall–Kier alpha value is -2.61. The smallest absolute Gasteiger partial charge is 0.338 e. The summed E-state index contributed by atoms with van der Waals surface area (Å²) in [6.45, 7) is -0.487. The predicted molar refractivity (Wildman–Crippen MR) is 125 cm³/mol. The molecule has 1 N–H and O–H groups in total. The van der Waals surface area contributed by atoms with Crippen LogP contribution < -0.4 is 10.2 Å². The third-order valence-corrected chi connectivity index (χ3v) is 7.04. The van der Waals surface area contributed by atoms with E-state index in [9.17, 15) is 19.2 Å². The van der Waals surface area contributed by atoms with Crippen molar-refractivity contribution in [3.8, 4) is 0 Å². The number of alkyl halides is 2. The molecule has 4 rings (SSSR count). The Kier molecular flexibility index (Phi) is 6.93. The number of nitrogens with zero attached hydrogens (tertiary/aromatic N) is 1. The first-order chi connectivity index (χ1) is 15.7. The second-order valence-electron chi connectivity index (χ2n) is 7.91. The molecule has 0 radical (unpaired) electrons. The number of rotatable bonds is 5. The molecule has 0 unspecified atom stereocenters. The van der Waals surface area contributed by atoms with Crippen LogP contribution in [-0.2, 0) is 19.1 Å². The Balaban J connectivity index is 1.37. The summed E-state index contributed by atoms with van der Waals surface area (Å²) in [7, 11) is 0. The molecule has 2 aromatic rings. The number of esters is 1. The lowest BCUT2D eigenvalue weighted by Gasteiger charge is -2.28. The Bertz CT molecular complexity index is 1080. The Labute approximate surface area is 204 Å². The van der Waals surface area contributed by atoms with Gasteiger partial charge in [0.25, 0.3) is 5.91 Å². The van der Waals surface area contributed by atoms with Crippen LogP contribution in [0, 0.1) is 11.8 Å². The topological polar surface area (TPSA) is 92.8 Å². The van der Waals surface area contributed by atoms with Crippen molar-refractivity contribution in [2.45, 2.75) is 23.6 Å². The summed E-state index contributed by atoms with van der Waals surface area (Å²) in [6.07, 6.45) is 0.701. The van der Waals surface area contributed by atoms with Gasteiger partial charge in [0.1, 0.15) is 0 Å². The average molecular weight is 510 g/mol. The van der Waals surface area contributed by atoms with Crippen molar-refractivity contribution in [1.82, 2.24) is 0 Å². The van der Waals surface area contributed by atoms with Gasteiger partial charge in [-0.2, -0.15) is 0 Å². The molecule has 7 nitrogen and oxygen atoms in total. The van der Waals surface area contributed by atoms with Crippen molar-refractivity contribution in [2.24, 2.45) is 11.8 Å². The average Bonchev–Trinajstić information content (AvgIpc) is 3.02. The number of carbonyl (C=O) groups is 4. The molecule has 10 heteroatoms. The Morgan fingerprint density at radius 2 is 1.58 bits per heavy atom. The molecule has 1 heterocycles. The lowest BCUT2D eigenvalue weighted by molar-refractivity contribution is -0.122. The fourth-order valence-electron chi connectivity index (χ4n) is 4.07. The van der Waals surface area contributed by atoms with Crippen LogP contribution in [0.25, 0.3) is 0 Å². The number of fused-ring (bicyclic) bond motifs is 1. The third-order valence-electron chi connectivity index (χ3n) is 5.72. The second-order valence-corrected chi connectivity index (χ2v) is 9.47. The van der Waals surface area contributed by atoms with Crippen LogP contribution in [-0.4, -0.2) is 41.1 Å². The highest BCUT2D eigenvalue weighted by Crippen LogP contribution is 2.43. The van der Waals surface area contributed by atoms with E-state index in [1.165, 1.54) is 24.3 Å². The van der Waals surface area contributed by atoms with Gasteiger partial charge in [-0.05, 0) is 55.3 Å². The lowest BCUT2D eigenvalue weighted by atomic mass is 9.80. The van der Waals surface area contributed by atoms with Crippen LogP contribution in [0.4, 0.5) is 11.4 Å². The van der Waals surface area contributed by atoms with Gasteiger partial charge in [0.15, 0.2) is 6.61 Å². The Morgan fingerprint density at radius 1 is 0.970 bits per heavy atom. The number of carbonyl (C=O) groups excluding carboxylic acids is 4. The van der Waals surface area contributed by atoms with E-state index in [0.717, 1.165) is 4.90 Å². The molecule has 1 aliphatic carbocycles. The van der Waals surface area contributed by atoms with E-state index < -0.39 is 30.3 Å². The number of nitrogens with one attached hydrogen (secondary N) is 1. The van der Waals surface area contributed by atoms with Crippen molar-refractivity contribution in [3.05, 3.63) is 59.1 Å². The minimum Gasteiger partial charge on any atom is -0.452 e. The first-order valence-electron chi connectivity index (χ1n) is 10.2. The molecular formula is C23H19Cl3N2O5. The highest BCUT2D eigenvalue weighted by atomic mass is 35.5. The first-order valence-corrected chi connectivity index (χ1v) is 11.5. The largest absolute Gasteiger partial charge is 0.452 e. The summed E-state index contributed by atoms with van der Waals surface area (Å²) < 4.78 is 5.04. The van der Waals surface area contributed by atoms with Gasteiger partial charge in [0, 0.05) is 10.7 Å². The maximum atomic E-state index is 12.8. The molecule has 2 fully saturated rings. The molecule has 4 atom stereocenters. The summed E-state index contributed by atoms with van der Waals surface area (Å²) in [6, 6.07) is 12.4. The van der Waals surface area contributed by atoms with Crippen molar-refractivity contribution in [2.75, 3.05) is 16.8 Å². The van der Waals surface area contributed by atoms with Crippen molar-refractivity contribution >= 4 is 69.9 Å². The molecular weight excluding hydrogens is 491 g/mol. The van der Waals surface area contributed by atoms with Gasteiger partial charge >= 0.3 is 5.97 Å². The van der Waals surface area contributed by atoms with E-state index >= 15 is 0 Å². The molecule has 0 bridgehead atoms. The van der Waals surface area contributed by atoms with Gasteiger partial charge in [0.2, 0.25) is 11.8 Å². The SMILES string of the molecule is O=C(COC(=O)c1ccc(N2C(=O)[C@H]3C[C@H](Cl)[C@@H](Cl)C[C@H]3C2=O)cc1)Nc1cccc(Cl)c1. The lowest BCUT2D eigenvalue weighted by Crippen LogP contribution is -2.34. The fraction of sp³-hybridized carbons (Fsp3) is 0.304. The van der Waals surface area contributed by atoms with E-state index in [1.54, 1.807) is 24.3 Å². The van der Waals surface area contributed by atoms with Crippen molar-refractivity contribution in [1.29, 1.82) is 0 Å². The minimum atomic E-state index is -0.717. The maximum Gasteiger partial charge on any atom is 0.338 e. The summed E-state index contributed by atoms with van der Waals surface area (Å²) in [5.74, 6) is -2.84. The number of benzene rings is 2. The molecule has 0 spiro atoms. The van der Waals surface area contributed by atoms with Crippen LogP contribution in [0.2, 0.25) is 5.02 Å². The van der Waals surface area contributed by atoms with Crippen LogP contribution >= 0.6 is 34.8 Å². The second kappa shape index (κ2) is 9.71. The highest BCUT2D eigenvalue weighted by Gasteiger charge is 2.52. The Morgan fingerprint density at radius 3 is 2.15 bits per heavy atom. The quantitative estimate of drug-likeness (QED) is 0.370. The van der Waals surface area contributed by atoms with Crippen molar-refractivity contribution in [3.63, 3.8) is 0 Å². The standard InChI is InChI=1S/C23H19Cl3N2O5/c24-13-2-1-3-14(8-13)27-20(29)11-33-23(32)12-4-6-15(7-5-12)28-21(30)16-9-18(25)19(26)10-17(16)22(28)31/h1-8,16-19H,9-11H2,(H,27,29)/t16-,17+,18-,19-/m0/s1. The number of hydrogen-bond donors (Lipinski definition) is 1. The van der Waals surface area contributed by atoms with Gasteiger partial charge in [0.05, 0.1) is 33.8 Å². The number of imide groups is 1. The number of ether oxygens (including phenoxy) is 1.